The van der Waals surface area contributed by atoms with E-state index in [1.165, 1.54) is 0 Å². The van der Waals surface area contributed by atoms with E-state index in [0.29, 0.717) is 37.7 Å². The average Bonchev–Trinajstić information content (AvgIpc) is 2.90. The summed E-state index contributed by atoms with van der Waals surface area (Å²) in [4.78, 5) is 21.2. The van der Waals surface area contributed by atoms with Crippen molar-refractivity contribution in [2.75, 3.05) is 36.1 Å². The molecule has 2 heterocycles. The van der Waals surface area contributed by atoms with Gasteiger partial charge in [0.05, 0.1) is 18.5 Å². The van der Waals surface area contributed by atoms with Crippen LogP contribution in [0.3, 0.4) is 0 Å². The fraction of sp³-hybridized carbons (Fsp3) is 0.400. The number of nitrogen functional groups attached to an aromatic ring is 1. The Kier molecular flexibility index (Phi) is 8.69. The van der Waals surface area contributed by atoms with Gasteiger partial charge in [0.2, 0.25) is 0 Å². The van der Waals surface area contributed by atoms with Crippen molar-refractivity contribution in [2.24, 2.45) is 0 Å². The van der Waals surface area contributed by atoms with Gasteiger partial charge in [-0.05, 0) is 75.1 Å². The number of aromatic nitrogens is 1. The Morgan fingerprint density at radius 2 is 1.74 bits per heavy atom. The summed E-state index contributed by atoms with van der Waals surface area (Å²) < 4.78 is 10.9. The number of pyridine rings is 1. The minimum absolute atomic E-state index is 0.0379. The lowest BCUT2D eigenvalue weighted by molar-refractivity contribution is 0.0206. The molecule has 1 aromatic heterocycles. The van der Waals surface area contributed by atoms with Crippen molar-refractivity contribution in [3.8, 4) is 11.5 Å². The fourth-order valence-electron chi connectivity index (χ4n) is 4.63. The molecule has 1 amide bonds. The summed E-state index contributed by atoms with van der Waals surface area (Å²) in [5, 5.41) is 13.3. The predicted octanol–water partition coefficient (Wildman–Crippen LogP) is 5.40. The van der Waals surface area contributed by atoms with Crippen LogP contribution >= 0.6 is 0 Å². The Bertz CT molecular complexity index is 1240. The molecule has 4 N–H and O–H groups in total. The summed E-state index contributed by atoms with van der Waals surface area (Å²) in [6, 6.07) is 17.0. The summed E-state index contributed by atoms with van der Waals surface area (Å²) >= 11 is 0. The summed E-state index contributed by atoms with van der Waals surface area (Å²) in [7, 11) is 1.65. The summed E-state index contributed by atoms with van der Waals surface area (Å²) in [5.41, 5.74) is 9.60. The number of methoxy groups -OCH3 is 1. The highest BCUT2D eigenvalue weighted by atomic mass is 16.6. The summed E-state index contributed by atoms with van der Waals surface area (Å²) in [6.07, 6.45) is 3.25. The van der Waals surface area contributed by atoms with Crippen LogP contribution in [0.25, 0.3) is 0 Å². The number of phenols is 1. The second-order valence-corrected chi connectivity index (χ2v) is 10.9. The fourth-order valence-corrected chi connectivity index (χ4v) is 4.63. The molecular formula is C30H39N5O4. The highest BCUT2D eigenvalue weighted by Gasteiger charge is 2.28. The van der Waals surface area contributed by atoms with E-state index in [9.17, 15) is 9.90 Å². The van der Waals surface area contributed by atoms with Gasteiger partial charge < -0.3 is 35.4 Å². The molecule has 0 radical (unpaired) electrons. The number of aromatic hydroxyl groups is 1. The zero-order valence-electron chi connectivity index (χ0n) is 23.2. The second kappa shape index (κ2) is 12.1. The maximum atomic E-state index is 12.6. The molecule has 39 heavy (non-hydrogen) atoms. The zero-order chi connectivity index (χ0) is 28.0. The SMILES string of the molecule is COc1ccc(CN(Cc2ccc(O)cc2)c2nccc(NC3CCCN(C(=O)OC(C)(C)C)C3)c2N)cc1. The summed E-state index contributed by atoms with van der Waals surface area (Å²) in [6.45, 7) is 7.95. The predicted molar refractivity (Wildman–Crippen MR) is 154 cm³/mol. The van der Waals surface area contributed by atoms with Gasteiger partial charge in [-0.15, -0.1) is 0 Å². The van der Waals surface area contributed by atoms with Gasteiger partial charge in [0.1, 0.15) is 17.1 Å². The number of benzene rings is 2. The number of phenolic OH excluding ortho intramolecular Hbond substituents is 1. The molecule has 9 heteroatoms. The minimum Gasteiger partial charge on any atom is -0.508 e. The summed E-state index contributed by atoms with van der Waals surface area (Å²) in [5.74, 6) is 1.67. The molecule has 0 spiro atoms. The van der Waals surface area contributed by atoms with Crippen LogP contribution < -0.4 is 20.7 Å². The van der Waals surface area contributed by atoms with Crippen LogP contribution in [0.15, 0.2) is 60.8 Å². The number of hydrogen-bond acceptors (Lipinski definition) is 8. The normalized spacial score (nSPS) is 15.5. The van der Waals surface area contributed by atoms with Gasteiger partial charge in [0.25, 0.3) is 0 Å². The molecule has 2 aromatic carbocycles. The van der Waals surface area contributed by atoms with Crippen LogP contribution in [0.5, 0.6) is 11.5 Å². The monoisotopic (exact) mass is 533 g/mol. The van der Waals surface area contributed by atoms with Crippen molar-refractivity contribution < 1.29 is 19.4 Å². The number of rotatable bonds is 8. The third-order valence-corrected chi connectivity index (χ3v) is 6.54. The molecule has 1 unspecified atom stereocenters. The Balaban J connectivity index is 1.55. The van der Waals surface area contributed by atoms with Crippen LogP contribution in [-0.2, 0) is 17.8 Å². The van der Waals surface area contributed by atoms with Crippen LogP contribution in [0.2, 0.25) is 0 Å². The van der Waals surface area contributed by atoms with E-state index < -0.39 is 5.60 Å². The lowest BCUT2D eigenvalue weighted by Crippen LogP contribution is -2.47. The Morgan fingerprint density at radius 3 is 2.36 bits per heavy atom. The Labute approximate surface area is 230 Å². The van der Waals surface area contributed by atoms with E-state index in [0.717, 1.165) is 35.4 Å². The molecule has 4 rings (SSSR count). The molecule has 0 saturated carbocycles. The van der Waals surface area contributed by atoms with Crippen molar-refractivity contribution in [3.05, 3.63) is 71.9 Å². The maximum absolute atomic E-state index is 12.6. The largest absolute Gasteiger partial charge is 0.508 e. The number of anilines is 3. The lowest BCUT2D eigenvalue weighted by atomic mass is 10.1. The molecule has 3 aromatic rings. The van der Waals surface area contributed by atoms with Crippen molar-refractivity contribution in [1.29, 1.82) is 0 Å². The van der Waals surface area contributed by atoms with E-state index in [4.69, 9.17) is 15.2 Å². The Morgan fingerprint density at radius 1 is 1.10 bits per heavy atom. The second-order valence-electron chi connectivity index (χ2n) is 10.9. The zero-order valence-corrected chi connectivity index (χ0v) is 23.2. The van der Waals surface area contributed by atoms with Crippen LogP contribution in [0.4, 0.5) is 22.0 Å². The number of nitrogens with two attached hydrogens (primary N) is 1. The highest BCUT2D eigenvalue weighted by Crippen LogP contribution is 2.32. The van der Waals surface area contributed by atoms with E-state index in [1.54, 1.807) is 30.3 Å². The van der Waals surface area contributed by atoms with E-state index in [2.05, 4.69) is 15.2 Å². The first-order valence-corrected chi connectivity index (χ1v) is 13.3. The number of likely N-dealkylation sites (tertiary alicyclic amines) is 1. The topological polar surface area (TPSA) is 113 Å². The van der Waals surface area contributed by atoms with Gasteiger partial charge in [-0.2, -0.15) is 0 Å². The lowest BCUT2D eigenvalue weighted by Gasteiger charge is -2.35. The molecule has 1 atom stereocenters. The van der Waals surface area contributed by atoms with Crippen molar-refractivity contribution in [3.63, 3.8) is 0 Å². The quantitative estimate of drug-likeness (QED) is 0.353. The number of piperidine rings is 1. The van der Waals surface area contributed by atoms with Gasteiger partial charge in [0.15, 0.2) is 5.82 Å². The number of nitrogens with one attached hydrogen (secondary N) is 1. The van der Waals surface area contributed by atoms with Gasteiger partial charge in [0, 0.05) is 38.4 Å². The average molecular weight is 534 g/mol. The molecule has 1 saturated heterocycles. The van der Waals surface area contributed by atoms with Crippen LogP contribution in [-0.4, -0.2) is 52.9 Å². The van der Waals surface area contributed by atoms with Gasteiger partial charge in [-0.3, -0.25) is 0 Å². The molecule has 1 fully saturated rings. The number of ether oxygens (including phenoxy) is 2. The van der Waals surface area contributed by atoms with Crippen molar-refractivity contribution in [2.45, 2.75) is 58.3 Å². The van der Waals surface area contributed by atoms with Crippen LogP contribution in [0, 0.1) is 0 Å². The first-order valence-electron chi connectivity index (χ1n) is 13.3. The molecule has 0 bridgehead atoms. The maximum Gasteiger partial charge on any atom is 0.410 e. The third kappa shape index (κ3) is 7.69. The number of hydrogen-bond donors (Lipinski definition) is 3. The number of amides is 1. The molecule has 9 nitrogen and oxygen atoms in total. The van der Waals surface area contributed by atoms with Crippen LogP contribution in [0.1, 0.15) is 44.7 Å². The van der Waals surface area contributed by atoms with E-state index >= 15 is 0 Å². The minimum atomic E-state index is -0.535. The number of carbonyl (C=O) groups is 1. The highest BCUT2D eigenvalue weighted by molar-refractivity contribution is 5.78. The first kappa shape index (κ1) is 27.9. The van der Waals surface area contributed by atoms with E-state index in [1.807, 2.05) is 63.2 Å². The Hall–Kier alpha value is -4.14. The third-order valence-electron chi connectivity index (χ3n) is 6.54. The molecule has 0 aliphatic carbocycles. The molecule has 208 valence electrons. The van der Waals surface area contributed by atoms with Gasteiger partial charge >= 0.3 is 6.09 Å². The number of carbonyl (C=O) groups excluding carboxylic acids is 1. The molecular weight excluding hydrogens is 494 g/mol. The first-order chi connectivity index (χ1) is 18.6. The van der Waals surface area contributed by atoms with Gasteiger partial charge in [-0.1, -0.05) is 24.3 Å². The molecule has 1 aliphatic heterocycles. The van der Waals surface area contributed by atoms with Crippen molar-refractivity contribution >= 4 is 23.3 Å². The van der Waals surface area contributed by atoms with Crippen molar-refractivity contribution in [1.82, 2.24) is 9.88 Å². The standard InChI is InChI=1S/C30H39N5O4/c1-30(2,3)39-29(37)34-17-5-6-23(20-34)33-26-15-16-32-28(27(26)31)35(18-21-7-11-24(36)12-8-21)19-22-9-13-25(38-4)14-10-22/h7-16,23,36H,5-6,17-20,31H2,1-4H3,(H,32,33). The van der Waals surface area contributed by atoms with Gasteiger partial charge in [-0.25, -0.2) is 9.78 Å². The van der Waals surface area contributed by atoms with E-state index in [-0.39, 0.29) is 17.9 Å². The smallest absolute Gasteiger partial charge is 0.410 e. The number of nitrogens with zero attached hydrogens (tertiary/aromatic N) is 3. The molecule has 1 aliphatic rings.